The van der Waals surface area contributed by atoms with Crippen molar-refractivity contribution in [3.05, 3.63) is 17.0 Å². The van der Waals surface area contributed by atoms with Crippen LogP contribution in [0.5, 0.6) is 0 Å². The van der Waals surface area contributed by atoms with Crippen LogP contribution in [0.15, 0.2) is 4.52 Å². The highest BCUT2D eigenvalue weighted by Crippen LogP contribution is 2.30. The molecule has 0 unspecified atom stereocenters. The Bertz CT molecular complexity index is 316. The van der Waals surface area contributed by atoms with E-state index in [1.54, 1.807) is 0 Å². The Labute approximate surface area is 89.8 Å². The summed E-state index contributed by atoms with van der Waals surface area (Å²) in [5, 5.41) is 4.04. The number of nitrogens with two attached hydrogens (primary N) is 1. The lowest BCUT2D eigenvalue weighted by atomic mass is 9.93. The fraction of sp³-hybridized carbons (Fsp3) is 0.727. The molecule has 4 heteroatoms. The Balaban J connectivity index is 2.18. The maximum absolute atomic E-state index is 5.59. The molecule has 2 N–H and O–H groups in total. The molecule has 1 aliphatic rings. The lowest BCUT2D eigenvalue weighted by Crippen LogP contribution is -2.15. The van der Waals surface area contributed by atoms with Crippen LogP contribution in [-0.2, 0) is 11.2 Å². The summed E-state index contributed by atoms with van der Waals surface area (Å²) in [5.41, 5.74) is 7.79. The minimum absolute atomic E-state index is 0.474. The molecule has 1 aromatic heterocycles. The molecule has 1 aliphatic heterocycles. The minimum Gasteiger partial charge on any atom is -0.381 e. The van der Waals surface area contributed by atoms with Crippen LogP contribution in [0.1, 0.15) is 35.8 Å². The van der Waals surface area contributed by atoms with Gasteiger partial charge in [0.05, 0.1) is 5.69 Å². The van der Waals surface area contributed by atoms with E-state index >= 15 is 0 Å². The van der Waals surface area contributed by atoms with Gasteiger partial charge in [-0.15, -0.1) is 0 Å². The SMILES string of the molecule is Cc1noc(C2CCOCC2)c1CCN. The molecule has 0 radical (unpaired) electrons. The van der Waals surface area contributed by atoms with E-state index in [0.717, 1.165) is 43.9 Å². The standard InChI is InChI=1S/C11H18N2O2/c1-8-10(2-5-12)11(15-13-8)9-3-6-14-7-4-9/h9H,2-7,12H2,1H3. The maximum atomic E-state index is 5.59. The number of rotatable bonds is 3. The molecular weight excluding hydrogens is 192 g/mol. The van der Waals surface area contributed by atoms with Crippen molar-refractivity contribution in [3.8, 4) is 0 Å². The molecule has 2 heterocycles. The van der Waals surface area contributed by atoms with Crippen molar-refractivity contribution in [2.45, 2.75) is 32.1 Å². The Morgan fingerprint density at radius 1 is 1.40 bits per heavy atom. The van der Waals surface area contributed by atoms with Gasteiger partial charge in [0.2, 0.25) is 0 Å². The smallest absolute Gasteiger partial charge is 0.143 e. The maximum Gasteiger partial charge on any atom is 0.143 e. The van der Waals surface area contributed by atoms with E-state index in [-0.39, 0.29) is 0 Å². The Hall–Kier alpha value is -0.870. The van der Waals surface area contributed by atoms with Crippen molar-refractivity contribution in [3.63, 3.8) is 0 Å². The first-order valence-electron chi connectivity index (χ1n) is 5.55. The van der Waals surface area contributed by atoms with Crippen LogP contribution >= 0.6 is 0 Å². The van der Waals surface area contributed by atoms with Gasteiger partial charge in [-0.2, -0.15) is 0 Å². The van der Waals surface area contributed by atoms with Crippen LogP contribution < -0.4 is 5.73 Å². The van der Waals surface area contributed by atoms with Crippen LogP contribution in [0.4, 0.5) is 0 Å². The predicted molar refractivity (Wildman–Crippen MR) is 56.8 cm³/mol. The summed E-state index contributed by atoms with van der Waals surface area (Å²) in [6.45, 7) is 4.29. The summed E-state index contributed by atoms with van der Waals surface area (Å²) in [6, 6.07) is 0. The predicted octanol–water partition coefficient (Wildman–Crippen LogP) is 1.38. The monoisotopic (exact) mass is 210 g/mol. The van der Waals surface area contributed by atoms with Gasteiger partial charge in [0.25, 0.3) is 0 Å². The highest BCUT2D eigenvalue weighted by Gasteiger charge is 2.24. The molecule has 0 aliphatic carbocycles. The van der Waals surface area contributed by atoms with E-state index in [0.29, 0.717) is 12.5 Å². The molecule has 0 bridgehead atoms. The number of ether oxygens (including phenoxy) is 1. The van der Waals surface area contributed by atoms with E-state index in [2.05, 4.69) is 5.16 Å². The fourth-order valence-corrected chi connectivity index (χ4v) is 2.14. The molecule has 1 saturated heterocycles. The van der Waals surface area contributed by atoms with E-state index in [9.17, 15) is 0 Å². The molecule has 2 rings (SSSR count). The lowest BCUT2D eigenvalue weighted by Gasteiger charge is -2.20. The average molecular weight is 210 g/mol. The molecule has 1 aromatic rings. The molecule has 1 fully saturated rings. The molecule has 0 spiro atoms. The Kier molecular flexibility index (Phi) is 3.38. The first kappa shape index (κ1) is 10.6. The summed E-state index contributed by atoms with van der Waals surface area (Å²) in [6.07, 6.45) is 2.93. The third-order valence-corrected chi connectivity index (χ3v) is 3.00. The second kappa shape index (κ2) is 4.77. The number of hydrogen-bond donors (Lipinski definition) is 1. The Morgan fingerprint density at radius 3 is 2.80 bits per heavy atom. The van der Waals surface area contributed by atoms with Crippen molar-refractivity contribution in [2.24, 2.45) is 5.73 Å². The molecule has 84 valence electrons. The van der Waals surface area contributed by atoms with Crippen LogP contribution in [0, 0.1) is 6.92 Å². The zero-order valence-corrected chi connectivity index (χ0v) is 9.16. The van der Waals surface area contributed by atoms with Crippen molar-refractivity contribution < 1.29 is 9.26 Å². The van der Waals surface area contributed by atoms with Crippen molar-refractivity contribution in [1.29, 1.82) is 0 Å². The number of hydrogen-bond acceptors (Lipinski definition) is 4. The zero-order valence-electron chi connectivity index (χ0n) is 9.16. The van der Waals surface area contributed by atoms with Gasteiger partial charge in [0.1, 0.15) is 5.76 Å². The second-order valence-electron chi connectivity index (χ2n) is 4.04. The van der Waals surface area contributed by atoms with Gasteiger partial charge in [-0.25, -0.2) is 0 Å². The third kappa shape index (κ3) is 2.21. The van der Waals surface area contributed by atoms with Gasteiger partial charge in [-0.3, -0.25) is 0 Å². The first-order chi connectivity index (χ1) is 7.33. The molecule has 0 atom stereocenters. The quantitative estimate of drug-likeness (QED) is 0.818. The van der Waals surface area contributed by atoms with Crippen LogP contribution in [0.2, 0.25) is 0 Å². The summed E-state index contributed by atoms with van der Waals surface area (Å²) >= 11 is 0. The second-order valence-corrected chi connectivity index (χ2v) is 4.04. The first-order valence-corrected chi connectivity index (χ1v) is 5.55. The fourth-order valence-electron chi connectivity index (χ4n) is 2.14. The van der Waals surface area contributed by atoms with Gasteiger partial charge < -0.3 is 15.0 Å². The summed E-state index contributed by atoms with van der Waals surface area (Å²) in [5.74, 6) is 1.52. The molecule has 15 heavy (non-hydrogen) atoms. The largest absolute Gasteiger partial charge is 0.381 e. The van der Waals surface area contributed by atoms with Gasteiger partial charge in [0, 0.05) is 24.7 Å². The molecular formula is C11H18N2O2. The average Bonchev–Trinajstić information content (AvgIpc) is 2.63. The molecule has 0 amide bonds. The lowest BCUT2D eigenvalue weighted by molar-refractivity contribution is 0.0788. The summed E-state index contributed by atoms with van der Waals surface area (Å²) in [4.78, 5) is 0. The minimum atomic E-state index is 0.474. The van der Waals surface area contributed by atoms with Crippen molar-refractivity contribution in [2.75, 3.05) is 19.8 Å². The van der Waals surface area contributed by atoms with Gasteiger partial charge in [-0.05, 0) is 32.7 Å². The molecule has 0 saturated carbocycles. The van der Waals surface area contributed by atoms with E-state index in [1.807, 2.05) is 6.92 Å². The zero-order chi connectivity index (χ0) is 10.7. The highest BCUT2D eigenvalue weighted by molar-refractivity contribution is 5.25. The van der Waals surface area contributed by atoms with E-state index < -0.39 is 0 Å². The third-order valence-electron chi connectivity index (χ3n) is 3.00. The number of nitrogens with zero attached hydrogens (tertiary/aromatic N) is 1. The molecule has 4 nitrogen and oxygen atoms in total. The topological polar surface area (TPSA) is 61.3 Å². The summed E-state index contributed by atoms with van der Waals surface area (Å²) < 4.78 is 10.8. The van der Waals surface area contributed by atoms with E-state index in [1.165, 1.54) is 5.56 Å². The van der Waals surface area contributed by atoms with Crippen LogP contribution in [0.25, 0.3) is 0 Å². The van der Waals surface area contributed by atoms with Crippen LogP contribution in [-0.4, -0.2) is 24.9 Å². The van der Waals surface area contributed by atoms with Crippen molar-refractivity contribution >= 4 is 0 Å². The van der Waals surface area contributed by atoms with Crippen molar-refractivity contribution in [1.82, 2.24) is 5.16 Å². The number of aryl methyl sites for hydroxylation is 1. The van der Waals surface area contributed by atoms with Crippen LogP contribution in [0.3, 0.4) is 0 Å². The van der Waals surface area contributed by atoms with Gasteiger partial charge in [0.15, 0.2) is 0 Å². The number of aromatic nitrogens is 1. The van der Waals surface area contributed by atoms with E-state index in [4.69, 9.17) is 15.0 Å². The van der Waals surface area contributed by atoms with Gasteiger partial charge >= 0.3 is 0 Å². The summed E-state index contributed by atoms with van der Waals surface area (Å²) in [7, 11) is 0. The van der Waals surface area contributed by atoms with Gasteiger partial charge in [-0.1, -0.05) is 5.16 Å². The highest BCUT2D eigenvalue weighted by atomic mass is 16.5. The molecule has 0 aromatic carbocycles. The Morgan fingerprint density at radius 2 is 2.13 bits per heavy atom. The normalized spacial score (nSPS) is 18.3.